The molecule has 2 aliphatic heterocycles. The van der Waals surface area contributed by atoms with Gasteiger partial charge in [-0.15, -0.1) is 0 Å². The molecule has 2 saturated heterocycles. The molecule has 1 unspecified atom stereocenters. The second-order valence-electron chi connectivity index (χ2n) is 4.28. The van der Waals surface area contributed by atoms with E-state index in [0.717, 1.165) is 52.4 Å². The first-order valence-corrected chi connectivity index (χ1v) is 5.84. The van der Waals surface area contributed by atoms with E-state index in [9.17, 15) is 0 Å². The van der Waals surface area contributed by atoms with Crippen molar-refractivity contribution < 1.29 is 4.74 Å². The van der Waals surface area contributed by atoms with Crippen molar-refractivity contribution >= 4 is 0 Å². The van der Waals surface area contributed by atoms with Crippen LogP contribution in [0.2, 0.25) is 0 Å². The summed E-state index contributed by atoms with van der Waals surface area (Å²) in [5.74, 6) is 0. The molecule has 0 aromatic heterocycles. The van der Waals surface area contributed by atoms with Crippen LogP contribution in [0.15, 0.2) is 0 Å². The predicted octanol–water partition coefficient (Wildman–Crippen LogP) is 0.307. The number of nitriles is 1. The Labute approximate surface area is 91.4 Å². The lowest BCUT2D eigenvalue weighted by Gasteiger charge is -2.29. The number of ether oxygens (including phenoxy) is 1. The van der Waals surface area contributed by atoms with E-state index in [1.807, 2.05) is 0 Å². The summed E-state index contributed by atoms with van der Waals surface area (Å²) in [6.07, 6.45) is 2.24. The van der Waals surface area contributed by atoms with Crippen molar-refractivity contribution in [2.45, 2.75) is 18.9 Å². The van der Waals surface area contributed by atoms with Crippen molar-refractivity contribution in [2.24, 2.45) is 0 Å². The van der Waals surface area contributed by atoms with E-state index in [1.165, 1.54) is 6.42 Å². The van der Waals surface area contributed by atoms with Crippen LogP contribution in [0.3, 0.4) is 0 Å². The fraction of sp³-hybridized carbons (Fsp3) is 0.909. The van der Waals surface area contributed by atoms with Gasteiger partial charge >= 0.3 is 0 Å². The maximum atomic E-state index is 8.95. The molecule has 0 spiro atoms. The van der Waals surface area contributed by atoms with E-state index in [-0.39, 0.29) is 6.04 Å². The molecule has 0 bridgehead atoms. The number of hydrogen-bond donors (Lipinski definition) is 0. The normalized spacial score (nSPS) is 29.1. The van der Waals surface area contributed by atoms with Crippen molar-refractivity contribution in [1.82, 2.24) is 9.80 Å². The van der Waals surface area contributed by atoms with Gasteiger partial charge in [-0.05, 0) is 19.4 Å². The van der Waals surface area contributed by atoms with Crippen LogP contribution in [0.5, 0.6) is 0 Å². The van der Waals surface area contributed by atoms with Gasteiger partial charge in [-0.3, -0.25) is 9.80 Å². The van der Waals surface area contributed by atoms with Crippen LogP contribution >= 0.6 is 0 Å². The number of likely N-dealkylation sites (tertiary alicyclic amines) is 1. The Hall–Kier alpha value is -0.630. The average Bonchev–Trinajstić information content (AvgIpc) is 2.75. The Balaban J connectivity index is 1.70. The van der Waals surface area contributed by atoms with Crippen LogP contribution in [0.25, 0.3) is 0 Å². The molecule has 4 nitrogen and oxygen atoms in total. The Bertz CT molecular complexity index is 232. The number of rotatable bonds is 3. The van der Waals surface area contributed by atoms with E-state index >= 15 is 0 Å². The minimum Gasteiger partial charge on any atom is -0.379 e. The molecule has 2 heterocycles. The largest absolute Gasteiger partial charge is 0.379 e. The molecular weight excluding hydrogens is 190 g/mol. The molecule has 84 valence electrons. The van der Waals surface area contributed by atoms with Gasteiger partial charge in [-0.2, -0.15) is 5.26 Å². The highest BCUT2D eigenvalue weighted by atomic mass is 16.5. The smallest absolute Gasteiger partial charge is 0.0978 e. The second kappa shape index (κ2) is 5.45. The average molecular weight is 209 g/mol. The second-order valence-corrected chi connectivity index (χ2v) is 4.28. The highest BCUT2D eigenvalue weighted by Crippen LogP contribution is 2.15. The number of hydrogen-bond acceptors (Lipinski definition) is 4. The maximum Gasteiger partial charge on any atom is 0.0978 e. The Kier molecular flexibility index (Phi) is 3.95. The number of nitrogens with zero attached hydrogens (tertiary/aromatic N) is 3. The molecule has 0 amide bonds. The monoisotopic (exact) mass is 209 g/mol. The van der Waals surface area contributed by atoms with E-state index in [4.69, 9.17) is 10.00 Å². The molecule has 0 aromatic rings. The fourth-order valence-corrected chi connectivity index (χ4v) is 2.33. The molecule has 0 saturated carbocycles. The summed E-state index contributed by atoms with van der Waals surface area (Å²) in [5.41, 5.74) is 0. The van der Waals surface area contributed by atoms with Gasteiger partial charge in [0.2, 0.25) is 0 Å². The van der Waals surface area contributed by atoms with Crippen molar-refractivity contribution in [2.75, 3.05) is 45.9 Å². The Morgan fingerprint density at radius 2 is 2.00 bits per heavy atom. The molecule has 2 fully saturated rings. The minimum atomic E-state index is 0.172. The van der Waals surface area contributed by atoms with Crippen LogP contribution < -0.4 is 0 Å². The zero-order chi connectivity index (χ0) is 10.5. The van der Waals surface area contributed by atoms with Gasteiger partial charge in [0, 0.05) is 26.2 Å². The first-order valence-electron chi connectivity index (χ1n) is 5.84. The highest BCUT2D eigenvalue weighted by molar-refractivity contribution is 4.95. The summed E-state index contributed by atoms with van der Waals surface area (Å²) >= 11 is 0. The van der Waals surface area contributed by atoms with Crippen molar-refractivity contribution in [1.29, 1.82) is 5.26 Å². The number of morpholine rings is 1. The lowest BCUT2D eigenvalue weighted by atomic mass is 10.2. The van der Waals surface area contributed by atoms with Gasteiger partial charge < -0.3 is 4.74 Å². The van der Waals surface area contributed by atoms with E-state index < -0.39 is 0 Å². The van der Waals surface area contributed by atoms with Gasteiger partial charge in [0.25, 0.3) is 0 Å². The Morgan fingerprint density at radius 3 is 2.73 bits per heavy atom. The first-order chi connectivity index (χ1) is 7.40. The fourth-order valence-electron chi connectivity index (χ4n) is 2.33. The van der Waals surface area contributed by atoms with Crippen LogP contribution in [0.1, 0.15) is 12.8 Å². The molecule has 1 atom stereocenters. The van der Waals surface area contributed by atoms with Crippen molar-refractivity contribution in [3.63, 3.8) is 0 Å². The molecule has 0 radical (unpaired) electrons. The minimum absolute atomic E-state index is 0.172. The Morgan fingerprint density at radius 1 is 1.20 bits per heavy atom. The molecule has 0 aliphatic carbocycles. The first kappa shape index (κ1) is 10.9. The lowest BCUT2D eigenvalue weighted by Crippen LogP contribution is -2.42. The quantitative estimate of drug-likeness (QED) is 0.670. The molecule has 0 N–H and O–H groups in total. The SMILES string of the molecule is N#CC1CCCN1CCN1CCOCC1. The van der Waals surface area contributed by atoms with Crippen LogP contribution in [-0.4, -0.2) is 61.8 Å². The van der Waals surface area contributed by atoms with Crippen LogP contribution in [0, 0.1) is 11.3 Å². The molecule has 4 heteroatoms. The highest BCUT2D eigenvalue weighted by Gasteiger charge is 2.24. The van der Waals surface area contributed by atoms with Gasteiger partial charge in [0.1, 0.15) is 0 Å². The van der Waals surface area contributed by atoms with E-state index in [1.54, 1.807) is 0 Å². The molecular formula is C11H19N3O. The van der Waals surface area contributed by atoms with E-state index in [2.05, 4.69) is 15.9 Å². The lowest BCUT2D eigenvalue weighted by molar-refractivity contribution is 0.0336. The standard InChI is InChI=1S/C11H19N3O/c12-10-11-2-1-3-14(11)5-4-13-6-8-15-9-7-13/h11H,1-9H2. The topological polar surface area (TPSA) is 39.5 Å². The summed E-state index contributed by atoms with van der Waals surface area (Å²) in [5, 5.41) is 8.95. The third-order valence-electron chi connectivity index (χ3n) is 3.32. The van der Waals surface area contributed by atoms with Gasteiger partial charge in [-0.25, -0.2) is 0 Å². The summed E-state index contributed by atoms with van der Waals surface area (Å²) < 4.78 is 5.31. The molecule has 15 heavy (non-hydrogen) atoms. The van der Waals surface area contributed by atoms with Crippen LogP contribution in [-0.2, 0) is 4.74 Å². The van der Waals surface area contributed by atoms with Crippen LogP contribution in [0.4, 0.5) is 0 Å². The summed E-state index contributed by atoms with van der Waals surface area (Å²) in [6.45, 7) is 7.04. The van der Waals surface area contributed by atoms with Crippen molar-refractivity contribution in [3.05, 3.63) is 0 Å². The third kappa shape index (κ3) is 2.91. The zero-order valence-corrected chi connectivity index (χ0v) is 9.19. The van der Waals surface area contributed by atoms with Gasteiger partial charge in [-0.1, -0.05) is 0 Å². The summed E-state index contributed by atoms with van der Waals surface area (Å²) in [4.78, 5) is 4.74. The van der Waals surface area contributed by atoms with Gasteiger partial charge in [0.05, 0.1) is 25.3 Å². The zero-order valence-electron chi connectivity index (χ0n) is 9.19. The maximum absolute atomic E-state index is 8.95. The molecule has 0 aromatic carbocycles. The van der Waals surface area contributed by atoms with Crippen molar-refractivity contribution in [3.8, 4) is 6.07 Å². The molecule has 2 aliphatic rings. The summed E-state index contributed by atoms with van der Waals surface area (Å²) in [6, 6.07) is 2.56. The third-order valence-corrected chi connectivity index (χ3v) is 3.32. The van der Waals surface area contributed by atoms with E-state index in [0.29, 0.717) is 0 Å². The predicted molar refractivity (Wildman–Crippen MR) is 57.5 cm³/mol. The summed E-state index contributed by atoms with van der Waals surface area (Å²) in [7, 11) is 0. The molecule has 2 rings (SSSR count). The van der Waals surface area contributed by atoms with Gasteiger partial charge in [0.15, 0.2) is 0 Å².